The summed E-state index contributed by atoms with van der Waals surface area (Å²) < 4.78 is 59.5. The van der Waals surface area contributed by atoms with Crippen molar-refractivity contribution in [3.8, 4) is 5.69 Å². The van der Waals surface area contributed by atoms with Crippen LogP contribution in [0.2, 0.25) is 0 Å². The van der Waals surface area contributed by atoms with Crippen molar-refractivity contribution >= 4 is 44.4 Å². The Balaban J connectivity index is 1.32. The van der Waals surface area contributed by atoms with Gasteiger partial charge in [0.2, 0.25) is 0 Å². The summed E-state index contributed by atoms with van der Waals surface area (Å²) in [5.41, 5.74) is -1.90. The van der Waals surface area contributed by atoms with E-state index in [1.165, 1.54) is 73.5 Å². The molecule has 14 nitrogen and oxygen atoms in total. The van der Waals surface area contributed by atoms with Gasteiger partial charge in [-0.05, 0) is 54.1 Å². The van der Waals surface area contributed by atoms with Gasteiger partial charge in [0.15, 0.2) is 0 Å². The van der Waals surface area contributed by atoms with Crippen molar-refractivity contribution in [2.24, 2.45) is 7.05 Å². The number of amides is 2. The lowest BCUT2D eigenvalue weighted by atomic mass is 10.0. The number of hydrogen-bond acceptors (Lipinski definition) is 8. The molecular formula is C32H26F2N6O8S. The van der Waals surface area contributed by atoms with E-state index in [9.17, 15) is 41.9 Å². The maximum atomic E-state index is 15.0. The van der Waals surface area contributed by atoms with E-state index in [1.807, 2.05) is 4.72 Å². The van der Waals surface area contributed by atoms with Crippen LogP contribution in [0.3, 0.4) is 0 Å². The van der Waals surface area contributed by atoms with Gasteiger partial charge in [0.05, 0.1) is 38.9 Å². The molecule has 0 aliphatic heterocycles. The maximum Gasteiger partial charge on any atom is 0.335 e. The number of pyridine rings is 1. The molecule has 0 spiro atoms. The van der Waals surface area contributed by atoms with E-state index >= 15 is 4.39 Å². The van der Waals surface area contributed by atoms with E-state index < -0.39 is 68.0 Å². The fraction of sp³-hybridized carbons (Fsp3) is 0.125. The van der Waals surface area contributed by atoms with Crippen LogP contribution >= 0.6 is 0 Å². The highest BCUT2D eigenvalue weighted by Gasteiger charge is 2.26. The van der Waals surface area contributed by atoms with Crippen molar-refractivity contribution in [3.63, 3.8) is 0 Å². The van der Waals surface area contributed by atoms with Crippen molar-refractivity contribution in [1.29, 1.82) is 0 Å². The van der Waals surface area contributed by atoms with E-state index in [0.717, 1.165) is 16.7 Å². The van der Waals surface area contributed by atoms with Crippen LogP contribution in [-0.4, -0.2) is 58.5 Å². The SMILES string of the molecule is CNC(=O)c1ccc(S(=O)(=O)Nc2cc(F)c(C(=O)N[C@@H](Cc3ccc(-n4c(=O)c5ccncc5n(C)c4=O)cc3)C(=O)O)cc2F)cc1. The lowest BCUT2D eigenvalue weighted by Crippen LogP contribution is -2.42. The molecule has 5 rings (SSSR count). The van der Waals surface area contributed by atoms with E-state index in [-0.39, 0.29) is 28.0 Å². The van der Waals surface area contributed by atoms with Gasteiger partial charge >= 0.3 is 11.7 Å². The van der Waals surface area contributed by atoms with E-state index in [4.69, 9.17) is 0 Å². The second-order valence-corrected chi connectivity index (χ2v) is 12.3. The monoisotopic (exact) mass is 692 g/mol. The van der Waals surface area contributed by atoms with Gasteiger partial charge in [-0.1, -0.05) is 12.1 Å². The third kappa shape index (κ3) is 6.91. The van der Waals surface area contributed by atoms with E-state index in [1.54, 1.807) is 0 Å². The molecular weight excluding hydrogens is 666 g/mol. The molecule has 2 heterocycles. The molecule has 49 heavy (non-hydrogen) atoms. The lowest BCUT2D eigenvalue weighted by Gasteiger charge is -2.16. The minimum atomic E-state index is -4.44. The molecule has 252 valence electrons. The topological polar surface area (TPSA) is 199 Å². The Morgan fingerprint density at radius 2 is 1.61 bits per heavy atom. The van der Waals surface area contributed by atoms with Gasteiger partial charge in [0, 0.05) is 38.3 Å². The van der Waals surface area contributed by atoms with E-state index in [0.29, 0.717) is 23.2 Å². The number of nitrogens with zero attached hydrogens (tertiary/aromatic N) is 3. The number of hydrogen-bond donors (Lipinski definition) is 4. The first-order chi connectivity index (χ1) is 23.2. The van der Waals surface area contributed by atoms with Crippen LogP contribution in [-0.2, 0) is 28.3 Å². The Bertz CT molecular complexity index is 2360. The van der Waals surface area contributed by atoms with Crippen LogP contribution in [0.15, 0.2) is 93.6 Å². The van der Waals surface area contributed by atoms with Gasteiger partial charge in [0.1, 0.15) is 17.7 Å². The zero-order valence-electron chi connectivity index (χ0n) is 25.6. The fourth-order valence-corrected chi connectivity index (χ4v) is 5.97. The molecule has 0 aliphatic carbocycles. The highest BCUT2D eigenvalue weighted by Crippen LogP contribution is 2.24. The number of aromatic nitrogens is 3. The zero-order chi connectivity index (χ0) is 35.6. The standard InChI is InChI=1S/C32H26F2N6O8S/c1-35-28(41)18-5-9-20(10-6-18)49(47,48)38-25-15-23(33)22(14-24(25)34)29(42)37-26(31(44)45)13-17-3-7-19(8-4-17)40-30(43)21-11-12-36-16-27(21)39(2)32(40)46/h3-12,14-16,26,38H,13H2,1-2H3,(H,35,41)(H,37,42)(H,44,45)/t26-/m0/s1. The third-order valence-corrected chi connectivity index (χ3v) is 8.89. The second-order valence-electron chi connectivity index (χ2n) is 10.6. The van der Waals surface area contributed by atoms with Crippen molar-refractivity contribution < 1.29 is 36.7 Å². The Hall–Kier alpha value is -6.23. The van der Waals surface area contributed by atoms with Gasteiger partial charge in [-0.15, -0.1) is 0 Å². The summed E-state index contributed by atoms with van der Waals surface area (Å²) in [4.78, 5) is 66.1. The number of anilines is 1. The number of halogens is 2. The molecule has 1 atom stereocenters. The van der Waals surface area contributed by atoms with Crippen LogP contribution in [0.1, 0.15) is 26.3 Å². The smallest absolute Gasteiger partial charge is 0.335 e. The number of aryl methyl sites for hydroxylation is 1. The number of nitrogens with one attached hydrogen (secondary N) is 3. The molecule has 0 fully saturated rings. The normalized spacial score (nSPS) is 11.9. The molecule has 0 saturated carbocycles. The van der Waals surface area contributed by atoms with Crippen molar-refractivity contribution in [1.82, 2.24) is 24.8 Å². The molecule has 2 aromatic heterocycles. The average Bonchev–Trinajstić information content (AvgIpc) is 3.08. The predicted octanol–water partition coefficient (Wildman–Crippen LogP) is 1.95. The number of fused-ring (bicyclic) bond motifs is 1. The first-order valence-corrected chi connectivity index (χ1v) is 15.7. The van der Waals surface area contributed by atoms with Crippen LogP contribution in [0.4, 0.5) is 14.5 Å². The summed E-state index contributed by atoms with van der Waals surface area (Å²) in [6.45, 7) is 0. The minimum Gasteiger partial charge on any atom is -0.480 e. The van der Waals surface area contributed by atoms with Crippen LogP contribution in [0.25, 0.3) is 16.6 Å². The van der Waals surface area contributed by atoms with Gasteiger partial charge < -0.3 is 15.7 Å². The van der Waals surface area contributed by atoms with Gasteiger partial charge in [-0.3, -0.25) is 28.7 Å². The Labute approximate surface area is 275 Å². The van der Waals surface area contributed by atoms with Gasteiger partial charge in [-0.25, -0.2) is 31.4 Å². The molecule has 3 aromatic carbocycles. The summed E-state index contributed by atoms with van der Waals surface area (Å²) in [5, 5.41) is 14.5. The average molecular weight is 693 g/mol. The molecule has 2 amide bonds. The number of carboxylic acids is 1. The fourth-order valence-electron chi connectivity index (χ4n) is 4.91. The first kappa shape index (κ1) is 34.1. The van der Waals surface area contributed by atoms with Crippen LogP contribution in [0.5, 0.6) is 0 Å². The number of carboxylic acid groups (broad SMARTS) is 1. The maximum absolute atomic E-state index is 15.0. The number of rotatable bonds is 10. The number of carbonyl (C=O) groups is 3. The number of aliphatic carboxylic acids is 1. The minimum absolute atomic E-state index is 0.161. The summed E-state index contributed by atoms with van der Waals surface area (Å²) in [5.74, 6) is -5.94. The third-order valence-electron chi connectivity index (χ3n) is 7.51. The number of benzene rings is 3. The molecule has 0 aliphatic rings. The first-order valence-electron chi connectivity index (χ1n) is 14.2. The molecule has 0 radical (unpaired) electrons. The summed E-state index contributed by atoms with van der Waals surface area (Å²) in [6, 6.07) is 11.0. The Morgan fingerprint density at radius 1 is 0.939 bits per heavy atom. The number of carbonyl (C=O) groups excluding carboxylic acids is 2. The molecule has 17 heteroatoms. The quantitative estimate of drug-likeness (QED) is 0.169. The predicted molar refractivity (Wildman–Crippen MR) is 172 cm³/mol. The van der Waals surface area contributed by atoms with Crippen LogP contribution < -0.4 is 26.6 Å². The Morgan fingerprint density at radius 3 is 2.24 bits per heavy atom. The van der Waals surface area contributed by atoms with Gasteiger partial charge in [-0.2, -0.15) is 0 Å². The number of sulfonamides is 1. The molecule has 5 aromatic rings. The van der Waals surface area contributed by atoms with Crippen molar-refractivity contribution in [2.75, 3.05) is 11.8 Å². The molecule has 0 bridgehead atoms. The molecule has 4 N–H and O–H groups in total. The molecule has 0 saturated heterocycles. The summed E-state index contributed by atoms with van der Waals surface area (Å²) in [6.07, 6.45) is 2.48. The van der Waals surface area contributed by atoms with Crippen molar-refractivity contribution in [2.45, 2.75) is 17.4 Å². The van der Waals surface area contributed by atoms with E-state index in [2.05, 4.69) is 15.6 Å². The highest BCUT2D eigenvalue weighted by atomic mass is 32.2. The summed E-state index contributed by atoms with van der Waals surface area (Å²) >= 11 is 0. The van der Waals surface area contributed by atoms with Gasteiger partial charge in [0.25, 0.3) is 27.4 Å². The Kier molecular flexibility index (Phi) is 9.38. The molecule has 0 unspecified atom stereocenters. The summed E-state index contributed by atoms with van der Waals surface area (Å²) in [7, 11) is -1.58. The lowest BCUT2D eigenvalue weighted by molar-refractivity contribution is -0.139. The van der Waals surface area contributed by atoms with Crippen LogP contribution in [0, 0.1) is 11.6 Å². The zero-order valence-corrected chi connectivity index (χ0v) is 26.4. The highest BCUT2D eigenvalue weighted by molar-refractivity contribution is 7.92. The van der Waals surface area contributed by atoms with Crippen molar-refractivity contribution in [3.05, 3.63) is 128 Å². The largest absolute Gasteiger partial charge is 0.480 e. The second kappa shape index (κ2) is 13.5.